The Morgan fingerprint density at radius 3 is 2.77 bits per heavy atom. The highest BCUT2D eigenvalue weighted by atomic mass is 35.5. The minimum atomic E-state index is -0.909. The molecule has 0 saturated heterocycles. The summed E-state index contributed by atoms with van der Waals surface area (Å²) in [6, 6.07) is 7.51. The molecule has 4 rings (SSSR count). The molecule has 0 bridgehead atoms. The first-order valence-electron chi connectivity index (χ1n) is 8.94. The molecule has 26 heavy (non-hydrogen) atoms. The molecule has 1 aromatic heterocycles. The van der Waals surface area contributed by atoms with Crippen LogP contribution in [-0.4, -0.2) is 16.3 Å². The Hall–Kier alpha value is -1.50. The van der Waals surface area contributed by atoms with Crippen LogP contribution in [0.2, 0.25) is 5.02 Å². The number of nitrogens with zero attached hydrogens (tertiary/aromatic N) is 2. The molecule has 0 unspecified atom stereocenters. The van der Waals surface area contributed by atoms with Gasteiger partial charge in [0.2, 0.25) is 10.8 Å². The summed E-state index contributed by atoms with van der Waals surface area (Å²) in [5.74, 6) is 0.520. The summed E-state index contributed by atoms with van der Waals surface area (Å²) in [6.07, 6.45) is 6.17. The van der Waals surface area contributed by atoms with Gasteiger partial charge in [-0.2, -0.15) is 0 Å². The van der Waals surface area contributed by atoms with Gasteiger partial charge < -0.3 is 4.74 Å². The molecule has 7 heteroatoms. The maximum atomic E-state index is 12.2. The maximum absolute atomic E-state index is 12.2. The predicted octanol–water partition coefficient (Wildman–Crippen LogP) is 4.85. The molecular weight excluding hydrogens is 372 g/mol. The molecule has 2 aromatic rings. The van der Waals surface area contributed by atoms with Crippen LogP contribution in [0.25, 0.3) is 5.70 Å². The lowest BCUT2D eigenvalue weighted by molar-refractivity contribution is 0.0118. The smallest absolute Gasteiger partial charge is 0.352 e. The number of benzene rings is 1. The van der Waals surface area contributed by atoms with Gasteiger partial charge >= 0.3 is 5.76 Å². The molecule has 1 fully saturated rings. The highest BCUT2D eigenvalue weighted by molar-refractivity contribution is 8.03. The molecule has 1 atom stereocenters. The molecular formula is C19H21ClN2O3S. The van der Waals surface area contributed by atoms with Crippen LogP contribution in [0.1, 0.15) is 50.4 Å². The fourth-order valence-electron chi connectivity index (χ4n) is 3.68. The van der Waals surface area contributed by atoms with Crippen molar-refractivity contribution in [1.29, 1.82) is 0 Å². The second-order valence-corrected chi connectivity index (χ2v) is 8.41. The van der Waals surface area contributed by atoms with Crippen LogP contribution in [0, 0.1) is 5.92 Å². The fraction of sp³-hybridized carbons (Fsp3) is 0.474. The Kier molecular flexibility index (Phi) is 4.99. The van der Waals surface area contributed by atoms with Crippen LogP contribution in [-0.2, 0) is 9.67 Å². The minimum Gasteiger partial charge on any atom is -0.352 e. The predicted molar refractivity (Wildman–Crippen MR) is 103 cm³/mol. The first-order valence-corrected chi connectivity index (χ1v) is 10.2. The molecule has 0 spiro atoms. The van der Waals surface area contributed by atoms with Crippen LogP contribution in [0.4, 0.5) is 0 Å². The number of thioether (sulfide) groups is 1. The molecule has 1 aliphatic carbocycles. The van der Waals surface area contributed by atoms with Crippen LogP contribution >= 0.6 is 23.4 Å². The first kappa shape index (κ1) is 17.9. The van der Waals surface area contributed by atoms with Gasteiger partial charge in [-0.1, -0.05) is 59.9 Å². The lowest BCUT2D eigenvalue weighted by Gasteiger charge is -2.35. The van der Waals surface area contributed by atoms with Gasteiger partial charge in [0.05, 0.1) is 6.61 Å². The summed E-state index contributed by atoms with van der Waals surface area (Å²) in [5.41, 5.74) is 1.68. The van der Waals surface area contributed by atoms with Gasteiger partial charge in [-0.3, -0.25) is 4.52 Å². The number of rotatable bonds is 4. The van der Waals surface area contributed by atoms with Crippen molar-refractivity contribution in [3.05, 3.63) is 56.6 Å². The average Bonchev–Trinajstić information content (AvgIpc) is 3.06. The fourth-order valence-corrected chi connectivity index (χ4v) is 4.89. The minimum absolute atomic E-state index is 0.477. The third-order valence-electron chi connectivity index (χ3n) is 5.12. The Labute approximate surface area is 161 Å². The Morgan fingerprint density at radius 1 is 1.31 bits per heavy atom. The lowest BCUT2D eigenvalue weighted by Crippen LogP contribution is -2.36. The van der Waals surface area contributed by atoms with E-state index in [4.69, 9.17) is 20.9 Å². The summed E-state index contributed by atoms with van der Waals surface area (Å²) in [6.45, 7) is 2.49. The van der Waals surface area contributed by atoms with E-state index in [0.717, 1.165) is 11.3 Å². The van der Waals surface area contributed by atoms with E-state index in [2.05, 4.69) is 5.16 Å². The van der Waals surface area contributed by atoms with Crippen molar-refractivity contribution >= 4 is 29.1 Å². The Balaban J connectivity index is 1.75. The van der Waals surface area contributed by atoms with Crippen molar-refractivity contribution in [2.45, 2.75) is 44.0 Å². The number of ether oxygens (including phenoxy) is 1. The molecule has 138 valence electrons. The van der Waals surface area contributed by atoms with Crippen LogP contribution in [0.5, 0.6) is 0 Å². The highest BCUT2D eigenvalue weighted by Gasteiger charge is 2.45. The van der Waals surface area contributed by atoms with Gasteiger partial charge in [0.15, 0.2) is 0 Å². The summed E-state index contributed by atoms with van der Waals surface area (Å²) < 4.78 is 13.0. The number of fused-ring (bicyclic) bond motifs is 1. The summed E-state index contributed by atoms with van der Waals surface area (Å²) in [7, 11) is 0. The maximum Gasteiger partial charge on any atom is 0.446 e. The first-order chi connectivity index (χ1) is 12.6. The number of aromatic nitrogens is 2. The number of hydrogen-bond acceptors (Lipinski definition) is 5. The number of halogens is 1. The van der Waals surface area contributed by atoms with E-state index in [0.29, 0.717) is 23.4 Å². The largest absolute Gasteiger partial charge is 0.446 e. The lowest BCUT2D eigenvalue weighted by atomic mass is 9.90. The third-order valence-corrected chi connectivity index (χ3v) is 6.70. The van der Waals surface area contributed by atoms with Crippen molar-refractivity contribution in [3.63, 3.8) is 0 Å². The van der Waals surface area contributed by atoms with Gasteiger partial charge in [-0.25, -0.2) is 9.36 Å². The number of allylic oxidation sites excluding steroid dienone is 1. The van der Waals surface area contributed by atoms with E-state index in [1.807, 2.05) is 36.6 Å². The van der Waals surface area contributed by atoms with E-state index < -0.39 is 10.7 Å². The van der Waals surface area contributed by atoms with Crippen molar-refractivity contribution in [2.75, 3.05) is 6.61 Å². The van der Waals surface area contributed by atoms with Crippen LogP contribution in [0.3, 0.4) is 0 Å². The monoisotopic (exact) mass is 392 g/mol. The van der Waals surface area contributed by atoms with E-state index in [1.165, 1.54) is 48.4 Å². The Bertz CT molecular complexity index is 868. The summed E-state index contributed by atoms with van der Waals surface area (Å²) >= 11 is 7.59. The molecule has 1 aliphatic heterocycles. The van der Waals surface area contributed by atoms with Gasteiger partial charge in [0, 0.05) is 16.3 Å². The molecule has 1 saturated carbocycles. The summed E-state index contributed by atoms with van der Waals surface area (Å²) in [5, 5.41) is 6.66. The molecule has 0 radical (unpaired) electrons. The van der Waals surface area contributed by atoms with Gasteiger partial charge in [0.25, 0.3) is 0 Å². The topological polar surface area (TPSA) is 57.3 Å². The van der Waals surface area contributed by atoms with Gasteiger partial charge in [0.1, 0.15) is 0 Å². The van der Waals surface area contributed by atoms with Crippen LogP contribution < -0.4 is 5.76 Å². The standard InChI is InChI=1S/C19H21ClN2O3S/c1-13-12-26-19(15-7-9-16(20)10-8-15,17-21-25-18(23)22(13)17)24-11-14-5-3-2-4-6-14/h7-10,12,14H,2-6,11H2,1H3/t19-/m0/s1. The van der Waals surface area contributed by atoms with Crippen LogP contribution in [0.15, 0.2) is 39.0 Å². The second kappa shape index (κ2) is 7.25. The Morgan fingerprint density at radius 2 is 2.04 bits per heavy atom. The van der Waals surface area contributed by atoms with Crippen molar-refractivity contribution < 1.29 is 9.26 Å². The van der Waals surface area contributed by atoms with E-state index in [-0.39, 0.29) is 0 Å². The van der Waals surface area contributed by atoms with Gasteiger partial charge in [-0.15, -0.1) is 0 Å². The molecule has 0 N–H and O–H groups in total. The second-order valence-electron chi connectivity index (χ2n) is 6.92. The SMILES string of the molecule is CC1=CS[C@@](OCC2CCCCC2)(c2ccc(Cl)cc2)c2noc(=O)n21. The third kappa shape index (κ3) is 3.15. The molecule has 2 heterocycles. The zero-order valence-electron chi connectivity index (χ0n) is 14.6. The van der Waals surface area contributed by atoms with Crippen molar-refractivity contribution in [3.8, 4) is 0 Å². The molecule has 5 nitrogen and oxygen atoms in total. The highest BCUT2D eigenvalue weighted by Crippen LogP contribution is 2.48. The molecule has 2 aliphatic rings. The number of hydrogen-bond donors (Lipinski definition) is 0. The van der Waals surface area contributed by atoms with Gasteiger partial charge in [-0.05, 0) is 43.2 Å². The zero-order chi connectivity index (χ0) is 18.1. The molecule has 1 aromatic carbocycles. The van der Waals surface area contributed by atoms with E-state index in [1.54, 1.807) is 0 Å². The van der Waals surface area contributed by atoms with Crippen molar-refractivity contribution in [2.24, 2.45) is 5.92 Å². The normalized spacial score (nSPS) is 23.5. The zero-order valence-corrected chi connectivity index (χ0v) is 16.2. The molecule has 0 amide bonds. The average molecular weight is 393 g/mol. The van der Waals surface area contributed by atoms with Crippen molar-refractivity contribution in [1.82, 2.24) is 9.72 Å². The van der Waals surface area contributed by atoms with E-state index in [9.17, 15) is 4.79 Å². The van der Waals surface area contributed by atoms with E-state index >= 15 is 0 Å². The quantitative estimate of drug-likeness (QED) is 0.744. The summed E-state index contributed by atoms with van der Waals surface area (Å²) in [4.78, 5) is 11.3.